The molecule has 1 heterocycles. The second-order valence-corrected chi connectivity index (χ2v) is 4.58. The molecule has 1 aromatic carbocycles. The topological polar surface area (TPSA) is 12.5 Å². The zero-order chi connectivity index (χ0) is 9.38. The van der Waals surface area contributed by atoms with Crippen LogP contribution >= 0.6 is 0 Å². The molecule has 2 aliphatic rings. The first kappa shape index (κ1) is 8.49. The van der Waals surface area contributed by atoms with Crippen LogP contribution in [-0.4, -0.2) is 12.2 Å². The SMILES string of the molecule is c1ccc(CC2CCC3OC3C2)cc1. The molecule has 74 valence electrons. The first-order valence-corrected chi connectivity index (χ1v) is 5.61. The van der Waals surface area contributed by atoms with Gasteiger partial charge in [-0.3, -0.25) is 0 Å². The van der Waals surface area contributed by atoms with E-state index in [0.717, 1.165) is 5.92 Å². The molecule has 1 aliphatic carbocycles. The smallest absolute Gasteiger partial charge is 0.0844 e. The second kappa shape index (κ2) is 3.39. The van der Waals surface area contributed by atoms with Gasteiger partial charge in [0.15, 0.2) is 0 Å². The van der Waals surface area contributed by atoms with Gasteiger partial charge in [0.2, 0.25) is 0 Å². The molecule has 0 bridgehead atoms. The van der Waals surface area contributed by atoms with E-state index in [-0.39, 0.29) is 0 Å². The van der Waals surface area contributed by atoms with Gasteiger partial charge in [-0.15, -0.1) is 0 Å². The van der Waals surface area contributed by atoms with Crippen LogP contribution in [-0.2, 0) is 11.2 Å². The van der Waals surface area contributed by atoms with Crippen molar-refractivity contribution in [3.63, 3.8) is 0 Å². The van der Waals surface area contributed by atoms with Crippen LogP contribution < -0.4 is 0 Å². The molecule has 2 fully saturated rings. The van der Waals surface area contributed by atoms with Gasteiger partial charge in [-0.1, -0.05) is 30.3 Å². The van der Waals surface area contributed by atoms with E-state index in [2.05, 4.69) is 30.3 Å². The molecular formula is C13H16O. The summed E-state index contributed by atoms with van der Waals surface area (Å²) in [4.78, 5) is 0. The van der Waals surface area contributed by atoms with Crippen molar-refractivity contribution in [3.05, 3.63) is 35.9 Å². The van der Waals surface area contributed by atoms with Gasteiger partial charge in [-0.2, -0.15) is 0 Å². The quantitative estimate of drug-likeness (QED) is 0.650. The van der Waals surface area contributed by atoms with E-state index in [1.807, 2.05) is 0 Å². The van der Waals surface area contributed by atoms with Crippen molar-refractivity contribution in [2.24, 2.45) is 5.92 Å². The van der Waals surface area contributed by atoms with Crippen LogP contribution in [0.1, 0.15) is 24.8 Å². The van der Waals surface area contributed by atoms with Crippen molar-refractivity contribution in [3.8, 4) is 0 Å². The second-order valence-electron chi connectivity index (χ2n) is 4.58. The molecule has 0 spiro atoms. The van der Waals surface area contributed by atoms with E-state index in [9.17, 15) is 0 Å². The number of rotatable bonds is 2. The van der Waals surface area contributed by atoms with E-state index < -0.39 is 0 Å². The van der Waals surface area contributed by atoms with Gasteiger partial charge in [0, 0.05) is 0 Å². The molecule has 0 N–H and O–H groups in total. The van der Waals surface area contributed by atoms with E-state index >= 15 is 0 Å². The van der Waals surface area contributed by atoms with Gasteiger partial charge in [-0.25, -0.2) is 0 Å². The molecule has 14 heavy (non-hydrogen) atoms. The fraction of sp³-hybridized carbons (Fsp3) is 0.538. The first-order chi connectivity index (χ1) is 6.92. The Kier molecular flexibility index (Phi) is 2.06. The third-order valence-electron chi connectivity index (χ3n) is 3.48. The Morgan fingerprint density at radius 2 is 1.93 bits per heavy atom. The van der Waals surface area contributed by atoms with Gasteiger partial charge >= 0.3 is 0 Å². The summed E-state index contributed by atoms with van der Waals surface area (Å²) in [5.41, 5.74) is 1.48. The number of hydrogen-bond donors (Lipinski definition) is 0. The molecule has 1 saturated carbocycles. The van der Waals surface area contributed by atoms with Gasteiger partial charge in [0.25, 0.3) is 0 Å². The Balaban J connectivity index is 1.61. The van der Waals surface area contributed by atoms with Crippen LogP contribution in [0, 0.1) is 5.92 Å². The molecule has 3 unspecified atom stereocenters. The third kappa shape index (κ3) is 1.69. The molecule has 0 aromatic heterocycles. The third-order valence-corrected chi connectivity index (χ3v) is 3.48. The predicted octanol–water partition coefficient (Wildman–Crippen LogP) is 2.80. The van der Waals surface area contributed by atoms with Gasteiger partial charge in [0.1, 0.15) is 0 Å². The summed E-state index contributed by atoms with van der Waals surface area (Å²) in [7, 11) is 0. The Hall–Kier alpha value is -0.820. The van der Waals surface area contributed by atoms with Crippen molar-refractivity contribution in [1.29, 1.82) is 0 Å². The number of fused-ring (bicyclic) bond motifs is 1. The standard InChI is InChI=1S/C13H16O/c1-2-4-10(5-3-1)8-11-6-7-12-13(9-11)14-12/h1-5,11-13H,6-9H2. The number of benzene rings is 1. The Labute approximate surface area is 85.1 Å². The highest BCUT2D eigenvalue weighted by molar-refractivity contribution is 5.15. The highest BCUT2D eigenvalue weighted by atomic mass is 16.6. The molecule has 3 rings (SSSR count). The maximum atomic E-state index is 5.55. The Bertz CT molecular complexity index is 306. The summed E-state index contributed by atoms with van der Waals surface area (Å²) in [6.07, 6.45) is 6.45. The average molecular weight is 188 g/mol. The Morgan fingerprint density at radius 3 is 2.71 bits per heavy atom. The lowest BCUT2D eigenvalue weighted by Crippen LogP contribution is -2.15. The summed E-state index contributed by atoms with van der Waals surface area (Å²) in [6.45, 7) is 0. The number of epoxide rings is 1. The molecule has 0 radical (unpaired) electrons. The largest absolute Gasteiger partial charge is 0.370 e. The zero-order valence-corrected chi connectivity index (χ0v) is 8.36. The van der Waals surface area contributed by atoms with Crippen LogP contribution in [0.4, 0.5) is 0 Å². The van der Waals surface area contributed by atoms with E-state index in [1.54, 1.807) is 0 Å². The van der Waals surface area contributed by atoms with Crippen LogP contribution in [0.25, 0.3) is 0 Å². The predicted molar refractivity (Wildman–Crippen MR) is 56.1 cm³/mol. The highest BCUT2D eigenvalue weighted by Crippen LogP contribution is 2.40. The van der Waals surface area contributed by atoms with Crippen LogP contribution in [0.3, 0.4) is 0 Å². The maximum Gasteiger partial charge on any atom is 0.0844 e. The average Bonchev–Trinajstić information content (AvgIpc) is 2.97. The van der Waals surface area contributed by atoms with Crippen molar-refractivity contribution >= 4 is 0 Å². The molecule has 3 atom stereocenters. The van der Waals surface area contributed by atoms with E-state index in [1.165, 1.54) is 31.2 Å². The van der Waals surface area contributed by atoms with Crippen molar-refractivity contribution < 1.29 is 4.74 Å². The van der Waals surface area contributed by atoms with Crippen molar-refractivity contribution in [1.82, 2.24) is 0 Å². The van der Waals surface area contributed by atoms with Gasteiger partial charge in [-0.05, 0) is 37.2 Å². The normalized spacial score (nSPS) is 35.0. The molecular weight excluding hydrogens is 172 g/mol. The lowest BCUT2D eigenvalue weighted by molar-refractivity contribution is 0.360. The number of ether oxygens (including phenoxy) is 1. The van der Waals surface area contributed by atoms with Gasteiger partial charge in [0.05, 0.1) is 12.2 Å². The summed E-state index contributed by atoms with van der Waals surface area (Å²) in [6, 6.07) is 10.8. The summed E-state index contributed by atoms with van der Waals surface area (Å²) in [5, 5.41) is 0. The maximum absolute atomic E-state index is 5.55. The fourth-order valence-electron chi connectivity index (χ4n) is 2.62. The molecule has 0 amide bonds. The minimum Gasteiger partial charge on any atom is -0.370 e. The minimum absolute atomic E-state index is 0.623. The lowest BCUT2D eigenvalue weighted by Gasteiger charge is -2.18. The molecule has 1 aromatic rings. The van der Waals surface area contributed by atoms with Crippen LogP contribution in [0.2, 0.25) is 0 Å². The van der Waals surface area contributed by atoms with E-state index in [0.29, 0.717) is 12.2 Å². The lowest BCUT2D eigenvalue weighted by atomic mass is 9.85. The molecule has 1 heteroatoms. The summed E-state index contributed by atoms with van der Waals surface area (Å²) >= 11 is 0. The number of hydrogen-bond acceptors (Lipinski definition) is 1. The van der Waals surface area contributed by atoms with Crippen LogP contribution in [0.15, 0.2) is 30.3 Å². The minimum atomic E-state index is 0.623. The monoisotopic (exact) mass is 188 g/mol. The van der Waals surface area contributed by atoms with E-state index in [4.69, 9.17) is 4.74 Å². The highest BCUT2D eigenvalue weighted by Gasteiger charge is 2.43. The van der Waals surface area contributed by atoms with Crippen molar-refractivity contribution in [2.75, 3.05) is 0 Å². The Morgan fingerprint density at radius 1 is 1.07 bits per heavy atom. The molecule has 1 aliphatic heterocycles. The van der Waals surface area contributed by atoms with Gasteiger partial charge < -0.3 is 4.74 Å². The molecule has 1 nitrogen and oxygen atoms in total. The van der Waals surface area contributed by atoms with Crippen LogP contribution in [0.5, 0.6) is 0 Å². The first-order valence-electron chi connectivity index (χ1n) is 5.61. The molecule has 1 saturated heterocycles. The zero-order valence-electron chi connectivity index (χ0n) is 8.36. The summed E-state index contributed by atoms with van der Waals surface area (Å²) < 4.78 is 5.55. The van der Waals surface area contributed by atoms with Crippen molar-refractivity contribution in [2.45, 2.75) is 37.9 Å². The fourth-order valence-corrected chi connectivity index (χ4v) is 2.62. The summed E-state index contributed by atoms with van der Waals surface area (Å²) in [5.74, 6) is 0.862.